The van der Waals surface area contributed by atoms with Crippen molar-refractivity contribution in [3.8, 4) is 0 Å². The van der Waals surface area contributed by atoms with Gasteiger partial charge < -0.3 is 20.4 Å². The van der Waals surface area contributed by atoms with Gasteiger partial charge in [-0.05, 0) is 25.7 Å². The van der Waals surface area contributed by atoms with Crippen molar-refractivity contribution in [3.63, 3.8) is 0 Å². The van der Waals surface area contributed by atoms with Crippen molar-refractivity contribution in [3.05, 3.63) is 0 Å². The van der Waals surface area contributed by atoms with Gasteiger partial charge in [-0.3, -0.25) is 9.59 Å². The van der Waals surface area contributed by atoms with Gasteiger partial charge in [0.2, 0.25) is 11.8 Å². The van der Waals surface area contributed by atoms with E-state index in [2.05, 4.69) is 12.2 Å². The van der Waals surface area contributed by atoms with Crippen molar-refractivity contribution in [2.75, 3.05) is 6.54 Å². The first-order valence-corrected chi connectivity index (χ1v) is 9.47. The summed E-state index contributed by atoms with van der Waals surface area (Å²) in [6.07, 6.45) is 4.25. The molecule has 2 amide bonds. The highest BCUT2D eigenvalue weighted by atomic mass is 16.3. The van der Waals surface area contributed by atoms with Crippen LogP contribution in [0.4, 0.5) is 0 Å². The number of carbonyl (C=O) groups is 2. The molecule has 5 heterocycles. The number of aliphatic hydroxyl groups excluding tert-OH is 1. The molecule has 0 aromatic rings. The number of nitrogens with zero attached hydrogens (tertiary/aromatic N) is 1. The Bertz CT molecular complexity index is 511. The molecule has 6 fully saturated rings. The van der Waals surface area contributed by atoms with E-state index in [1.165, 1.54) is 0 Å². The Kier molecular flexibility index (Phi) is 4.89. The van der Waals surface area contributed by atoms with Crippen LogP contribution < -0.4 is 5.32 Å². The van der Waals surface area contributed by atoms with Gasteiger partial charge in [-0.2, -0.15) is 0 Å². The van der Waals surface area contributed by atoms with Crippen LogP contribution in [0.25, 0.3) is 0 Å². The van der Waals surface area contributed by atoms with Crippen LogP contribution in [0.15, 0.2) is 0 Å². The fraction of sp³-hybridized carbons (Fsp3) is 0.889. The highest BCUT2D eigenvalue weighted by molar-refractivity contribution is 5.89. The number of rotatable bonds is 6. The zero-order valence-corrected chi connectivity index (χ0v) is 14.7. The lowest BCUT2D eigenvalue weighted by Crippen LogP contribution is -2.78. The zero-order valence-electron chi connectivity index (χ0n) is 14.7. The van der Waals surface area contributed by atoms with Gasteiger partial charge in [-0.1, -0.05) is 33.1 Å². The monoisotopic (exact) mass is 338 g/mol. The van der Waals surface area contributed by atoms with E-state index in [0.717, 1.165) is 32.1 Å². The molecule has 6 atom stereocenters. The van der Waals surface area contributed by atoms with Crippen LogP contribution in [0.1, 0.15) is 58.8 Å². The summed E-state index contributed by atoms with van der Waals surface area (Å²) in [4.78, 5) is 27.5. The second-order valence-corrected chi connectivity index (χ2v) is 7.69. The molecule has 3 N–H and O–H groups in total. The number of nitrogens with one attached hydrogen (secondary N) is 1. The maximum Gasteiger partial charge on any atom is 0.228 e. The maximum absolute atomic E-state index is 12.9. The minimum atomic E-state index is -1.43. The van der Waals surface area contributed by atoms with Crippen molar-refractivity contribution in [2.45, 2.75) is 82.6 Å². The molecular formula is C18H30N2O4. The van der Waals surface area contributed by atoms with Crippen LogP contribution in [0, 0.1) is 11.8 Å². The first kappa shape index (κ1) is 17.7. The molecule has 1 aliphatic carbocycles. The molecule has 5 saturated heterocycles. The molecule has 6 nitrogen and oxygen atoms in total. The lowest BCUT2D eigenvalue weighted by molar-refractivity contribution is -0.206. The zero-order chi connectivity index (χ0) is 17.5. The van der Waals surface area contributed by atoms with E-state index in [1.807, 2.05) is 11.8 Å². The summed E-state index contributed by atoms with van der Waals surface area (Å²) < 4.78 is 0. The molecule has 5 aliphatic heterocycles. The van der Waals surface area contributed by atoms with Crippen LogP contribution in [-0.2, 0) is 9.59 Å². The van der Waals surface area contributed by atoms with Gasteiger partial charge in [0.05, 0.1) is 17.9 Å². The van der Waals surface area contributed by atoms with E-state index in [9.17, 15) is 19.8 Å². The molecule has 4 bridgehead atoms. The molecule has 6 aliphatic rings. The molecule has 0 radical (unpaired) electrons. The predicted octanol–water partition coefficient (Wildman–Crippen LogP) is 0.804. The quantitative estimate of drug-likeness (QED) is 0.668. The van der Waals surface area contributed by atoms with E-state index in [-0.39, 0.29) is 17.9 Å². The predicted molar refractivity (Wildman–Crippen MR) is 89.0 cm³/mol. The summed E-state index contributed by atoms with van der Waals surface area (Å²) in [7, 11) is 0. The molecule has 0 spiro atoms. The lowest BCUT2D eigenvalue weighted by Gasteiger charge is -2.58. The topological polar surface area (TPSA) is 89.9 Å². The van der Waals surface area contributed by atoms with E-state index < -0.39 is 29.6 Å². The van der Waals surface area contributed by atoms with Crippen molar-refractivity contribution in [1.29, 1.82) is 0 Å². The third-order valence-electron chi connectivity index (χ3n) is 6.26. The van der Waals surface area contributed by atoms with Crippen molar-refractivity contribution >= 4 is 11.8 Å². The van der Waals surface area contributed by atoms with E-state index >= 15 is 0 Å². The maximum atomic E-state index is 12.9. The number of unbranched alkanes of at least 4 members (excludes halogenated alkanes) is 2. The van der Waals surface area contributed by atoms with Gasteiger partial charge in [0.25, 0.3) is 0 Å². The Hall–Kier alpha value is -1.14. The molecule has 24 heavy (non-hydrogen) atoms. The van der Waals surface area contributed by atoms with Gasteiger partial charge in [0.15, 0.2) is 0 Å². The first-order valence-electron chi connectivity index (χ1n) is 9.47. The number of amides is 2. The first-order chi connectivity index (χ1) is 11.5. The van der Waals surface area contributed by atoms with Crippen molar-refractivity contribution in [2.24, 2.45) is 11.8 Å². The normalized spacial score (nSPS) is 41.3. The van der Waals surface area contributed by atoms with Crippen LogP contribution in [0.3, 0.4) is 0 Å². The minimum Gasteiger partial charge on any atom is -0.388 e. The highest BCUT2D eigenvalue weighted by Crippen LogP contribution is 2.46. The van der Waals surface area contributed by atoms with Crippen LogP contribution in [0.2, 0.25) is 0 Å². The molecule has 0 unspecified atom stereocenters. The molecule has 6 rings (SSSR count). The van der Waals surface area contributed by atoms with Gasteiger partial charge in [0.1, 0.15) is 11.7 Å². The van der Waals surface area contributed by atoms with Gasteiger partial charge in [-0.15, -0.1) is 0 Å². The molecular weight excluding hydrogens is 308 g/mol. The standard InChI is InChI=1S/C18H30N2O4/c1-3-5-9-18(24)13-12-8-7-11(14(15(18)21)19-16(13)22)17(23)20(12)10-6-4-2/h11-15,21,24H,3-10H2,1-2H3,(H,19,22)/t11-,12+,13+,14+,15+,18+/m1/s1. The number of hydrogen-bond donors (Lipinski definition) is 3. The third-order valence-corrected chi connectivity index (χ3v) is 6.26. The average Bonchev–Trinajstić information content (AvgIpc) is 2.54. The summed E-state index contributed by atoms with van der Waals surface area (Å²) in [5.74, 6) is -1.33. The number of piperidine rings is 2. The molecule has 136 valence electrons. The van der Waals surface area contributed by atoms with Crippen molar-refractivity contribution in [1.82, 2.24) is 10.2 Å². The number of aliphatic hydroxyl groups is 2. The van der Waals surface area contributed by atoms with E-state index in [1.54, 1.807) is 0 Å². The van der Waals surface area contributed by atoms with E-state index in [0.29, 0.717) is 19.4 Å². The second-order valence-electron chi connectivity index (χ2n) is 7.69. The van der Waals surface area contributed by atoms with E-state index in [4.69, 9.17) is 0 Å². The Labute approximate surface area is 143 Å². The highest BCUT2D eigenvalue weighted by Gasteiger charge is 2.63. The van der Waals surface area contributed by atoms with Crippen LogP contribution in [0.5, 0.6) is 0 Å². The van der Waals surface area contributed by atoms with Gasteiger partial charge in [0, 0.05) is 12.6 Å². The number of hydrogen-bond acceptors (Lipinski definition) is 4. The third kappa shape index (κ3) is 2.54. The Morgan fingerprint density at radius 1 is 1.21 bits per heavy atom. The summed E-state index contributed by atoms with van der Waals surface area (Å²) in [6.45, 7) is 4.74. The smallest absolute Gasteiger partial charge is 0.228 e. The summed E-state index contributed by atoms with van der Waals surface area (Å²) in [5, 5.41) is 25.0. The second kappa shape index (κ2) is 6.64. The fourth-order valence-electron chi connectivity index (χ4n) is 4.94. The minimum absolute atomic E-state index is 0.0336. The summed E-state index contributed by atoms with van der Waals surface area (Å²) in [6, 6.07) is -0.980. The Morgan fingerprint density at radius 3 is 2.58 bits per heavy atom. The van der Waals surface area contributed by atoms with Gasteiger partial charge in [-0.25, -0.2) is 0 Å². The average molecular weight is 338 g/mol. The largest absolute Gasteiger partial charge is 0.388 e. The lowest BCUT2D eigenvalue weighted by atomic mass is 9.61. The molecule has 0 aromatic heterocycles. The van der Waals surface area contributed by atoms with Gasteiger partial charge >= 0.3 is 0 Å². The van der Waals surface area contributed by atoms with Crippen molar-refractivity contribution < 1.29 is 19.8 Å². The Balaban J connectivity index is 2.01. The summed E-state index contributed by atoms with van der Waals surface area (Å²) >= 11 is 0. The number of carbonyl (C=O) groups excluding carboxylic acids is 2. The molecule has 0 aromatic carbocycles. The fourth-order valence-corrected chi connectivity index (χ4v) is 4.94. The molecule has 6 heteroatoms. The van der Waals surface area contributed by atoms with Crippen LogP contribution in [-0.4, -0.2) is 57.3 Å². The summed E-state index contributed by atoms with van der Waals surface area (Å²) in [5.41, 5.74) is -1.43. The van der Waals surface area contributed by atoms with Crippen LogP contribution >= 0.6 is 0 Å². The SMILES string of the molecule is CCCCN1C(=O)[C@@H]2CC[C@H]1[C@H]1C(=O)N[C@@H]2[C@H](O)[C@]1(O)CCCC. The Morgan fingerprint density at radius 2 is 1.92 bits per heavy atom. The molecule has 1 saturated carbocycles.